The van der Waals surface area contributed by atoms with E-state index in [1.807, 2.05) is 13.2 Å². The topological polar surface area (TPSA) is 12.9 Å². The molecule has 0 radical (unpaired) electrons. The van der Waals surface area contributed by atoms with Crippen LogP contribution in [0.1, 0.15) is 11.3 Å². The maximum absolute atomic E-state index is 4.32. The molecule has 2 heteroatoms. The van der Waals surface area contributed by atoms with Gasteiger partial charge in [0.1, 0.15) is 0 Å². The van der Waals surface area contributed by atoms with Crippen LogP contribution in [-0.2, 0) is 0 Å². The molecule has 1 rings (SSSR count). The lowest BCUT2D eigenvalue weighted by Gasteiger charge is -1.98. The number of rotatable bonds is 1. The third-order valence-corrected chi connectivity index (χ3v) is 1.91. The molecule has 1 aromatic heterocycles. The first kappa shape index (κ1) is 7.61. The summed E-state index contributed by atoms with van der Waals surface area (Å²) >= 11 is 1.69. The lowest BCUT2D eigenvalue weighted by molar-refractivity contribution is 1.05. The van der Waals surface area contributed by atoms with Gasteiger partial charge >= 0.3 is 0 Å². The Morgan fingerprint density at radius 1 is 1.30 bits per heavy atom. The van der Waals surface area contributed by atoms with E-state index >= 15 is 0 Å². The van der Waals surface area contributed by atoms with Crippen molar-refractivity contribution in [2.24, 2.45) is 0 Å². The number of thioether (sulfide) groups is 1. The van der Waals surface area contributed by atoms with E-state index in [-0.39, 0.29) is 0 Å². The highest BCUT2D eigenvalue weighted by Gasteiger charge is 1.93. The molecule has 0 atom stereocenters. The number of nitrogens with zero attached hydrogens (tertiary/aromatic N) is 1. The van der Waals surface area contributed by atoms with Gasteiger partial charge in [0.2, 0.25) is 0 Å². The zero-order valence-corrected chi connectivity index (χ0v) is 7.33. The van der Waals surface area contributed by atoms with E-state index in [2.05, 4.69) is 24.0 Å². The highest BCUT2D eigenvalue weighted by Crippen LogP contribution is 2.13. The van der Waals surface area contributed by atoms with E-state index in [0.717, 1.165) is 10.7 Å². The van der Waals surface area contributed by atoms with Crippen LogP contribution in [0, 0.1) is 13.8 Å². The van der Waals surface area contributed by atoms with Crippen LogP contribution in [0.4, 0.5) is 0 Å². The molecule has 10 heavy (non-hydrogen) atoms. The average molecular weight is 153 g/mol. The molecule has 0 fully saturated rings. The predicted octanol–water partition coefficient (Wildman–Crippen LogP) is 2.42. The summed E-state index contributed by atoms with van der Waals surface area (Å²) in [5.74, 6) is 0. The van der Waals surface area contributed by atoms with Crippen molar-refractivity contribution in [3.05, 3.63) is 23.4 Å². The molecule has 0 unspecified atom stereocenters. The minimum absolute atomic E-state index is 1.10. The zero-order chi connectivity index (χ0) is 7.56. The largest absolute Gasteiger partial charge is 0.247 e. The average Bonchev–Trinajstić information content (AvgIpc) is 1.85. The maximum atomic E-state index is 4.32. The quantitative estimate of drug-likeness (QED) is 0.575. The van der Waals surface area contributed by atoms with Crippen molar-refractivity contribution >= 4 is 11.8 Å². The van der Waals surface area contributed by atoms with Crippen molar-refractivity contribution < 1.29 is 0 Å². The summed E-state index contributed by atoms with van der Waals surface area (Å²) in [7, 11) is 0. The number of aromatic nitrogens is 1. The smallest absolute Gasteiger partial charge is 0.0962 e. The van der Waals surface area contributed by atoms with E-state index in [1.54, 1.807) is 11.8 Å². The first-order valence-corrected chi connectivity index (χ1v) is 4.44. The molecule has 0 saturated heterocycles. The summed E-state index contributed by atoms with van der Waals surface area (Å²) in [5, 5.41) is 1.11. The number of pyridine rings is 1. The van der Waals surface area contributed by atoms with Gasteiger partial charge in [-0.3, -0.25) is 0 Å². The number of hydrogen-bond acceptors (Lipinski definition) is 2. The van der Waals surface area contributed by atoms with Gasteiger partial charge in [0, 0.05) is 5.69 Å². The minimum Gasteiger partial charge on any atom is -0.247 e. The second-order valence-corrected chi connectivity index (χ2v) is 3.15. The molecule has 0 N–H and O–H groups in total. The fraction of sp³-hybridized carbons (Fsp3) is 0.375. The van der Waals surface area contributed by atoms with Crippen molar-refractivity contribution in [3.63, 3.8) is 0 Å². The maximum Gasteiger partial charge on any atom is 0.0962 e. The van der Waals surface area contributed by atoms with Gasteiger partial charge in [-0.25, -0.2) is 4.98 Å². The Bertz CT molecular complexity index is 212. The Balaban J connectivity index is 3.06. The van der Waals surface area contributed by atoms with Gasteiger partial charge in [-0.15, -0.1) is 11.8 Å². The van der Waals surface area contributed by atoms with Crippen LogP contribution >= 0.6 is 11.8 Å². The summed E-state index contributed by atoms with van der Waals surface area (Å²) < 4.78 is 0. The van der Waals surface area contributed by atoms with E-state index < -0.39 is 0 Å². The summed E-state index contributed by atoms with van der Waals surface area (Å²) in [5.41, 5.74) is 2.39. The molecule has 0 aliphatic carbocycles. The van der Waals surface area contributed by atoms with E-state index in [4.69, 9.17) is 0 Å². The van der Waals surface area contributed by atoms with E-state index in [9.17, 15) is 0 Å². The van der Waals surface area contributed by atoms with E-state index in [1.165, 1.54) is 5.56 Å². The van der Waals surface area contributed by atoms with Crippen molar-refractivity contribution in [1.29, 1.82) is 0 Å². The SMILES string of the molecule is CSc1cc(C)cc(C)n1. The first-order chi connectivity index (χ1) is 4.72. The highest BCUT2D eigenvalue weighted by atomic mass is 32.2. The van der Waals surface area contributed by atoms with Gasteiger partial charge in [0.15, 0.2) is 0 Å². The first-order valence-electron chi connectivity index (χ1n) is 3.21. The third kappa shape index (κ3) is 1.74. The van der Waals surface area contributed by atoms with Gasteiger partial charge in [-0.05, 0) is 37.8 Å². The van der Waals surface area contributed by atoms with Crippen LogP contribution in [0.2, 0.25) is 0 Å². The molecule has 0 aliphatic rings. The van der Waals surface area contributed by atoms with Crippen LogP contribution in [0.5, 0.6) is 0 Å². The third-order valence-electron chi connectivity index (χ3n) is 1.28. The molecule has 1 nitrogen and oxygen atoms in total. The zero-order valence-electron chi connectivity index (χ0n) is 6.51. The summed E-state index contributed by atoms with van der Waals surface area (Å²) in [4.78, 5) is 4.32. The van der Waals surface area contributed by atoms with Crippen LogP contribution in [0.15, 0.2) is 17.2 Å². The summed E-state index contributed by atoms with van der Waals surface area (Å²) in [6.45, 7) is 4.11. The Labute approximate surface area is 65.9 Å². The van der Waals surface area contributed by atoms with Gasteiger partial charge < -0.3 is 0 Å². The molecule has 1 aromatic rings. The van der Waals surface area contributed by atoms with Gasteiger partial charge in [-0.2, -0.15) is 0 Å². The molecule has 0 amide bonds. The minimum atomic E-state index is 1.10. The summed E-state index contributed by atoms with van der Waals surface area (Å²) in [6.07, 6.45) is 2.04. The van der Waals surface area contributed by atoms with Crippen molar-refractivity contribution in [2.45, 2.75) is 18.9 Å². The second kappa shape index (κ2) is 3.06. The molecule has 54 valence electrons. The van der Waals surface area contributed by atoms with Crippen LogP contribution in [-0.4, -0.2) is 11.2 Å². The normalized spacial score (nSPS) is 9.90. The lowest BCUT2D eigenvalue weighted by atomic mass is 10.3. The monoisotopic (exact) mass is 153 g/mol. The molecule has 0 spiro atoms. The van der Waals surface area contributed by atoms with Gasteiger partial charge in [-0.1, -0.05) is 0 Å². The number of aryl methyl sites for hydroxylation is 2. The van der Waals surface area contributed by atoms with Crippen molar-refractivity contribution in [2.75, 3.05) is 6.26 Å². The lowest BCUT2D eigenvalue weighted by Crippen LogP contribution is -1.85. The molecular weight excluding hydrogens is 142 g/mol. The Kier molecular flexibility index (Phi) is 2.33. The molecule has 0 aromatic carbocycles. The van der Waals surface area contributed by atoms with E-state index in [0.29, 0.717) is 0 Å². The fourth-order valence-corrected chi connectivity index (χ4v) is 1.45. The predicted molar refractivity (Wildman–Crippen MR) is 45.5 cm³/mol. The fourth-order valence-electron chi connectivity index (χ4n) is 0.909. The van der Waals surface area contributed by atoms with Gasteiger partial charge in [0.25, 0.3) is 0 Å². The molecule has 0 bridgehead atoms. The Morgan fingerprint density at radius 2 is 2.00 bits per heavy atom. The van der Waals surface area contributed by atoms with Crippen molar-refractivity contribution in [1.82, 2.24) is 4.98 Å². The Morgan fingerprint density at radius 3 is 2.50 bits per heavy atom. The van der Waals surface area contributed by atoms with Crippen LogP contribution < -0.4 is 0 Å². The molecule has 0 saturated carbocycles. The van der Waals surface area contributed by atoms with Crippen LogP contribution in [0.3, 0.4) is 0 Å². The number of hydrogen-bond donors (Lipinski definition) is 0. The second-order valence-electron chi connectivity index (χ2n) is 2.33. The molecule has 0 aliphatic heterocycles. The van der Waals surface area contributed by atoms with Crippen molar-refractivity contribution in [3.8, 4) is 0 Å². The highest BCUT2D eigenvalue weighted by molar-refractivity contribution is 7.98. The molecular formula is C8H11NS. The standard InChI is InChI=1S/C8H11NS/c1-6-4-7(2)9-8(5-6)10-3/h4-5H,1-3H3. The van der Waals surface area contributed by atoms with Crippen LogP contribution in [0.25, 0.3) is 0 Å². The van der Waals surface area contributed by atoms with Gasteiger partial charge in [0.05, 0.1) is 5.03 Å². The molecule has 1 heterocycles. The summed E-state index contributed by atoms with van der Waals surface area (Å²) in [6, 6.07) is 4.18. The Hall–Kier alpha value is -0.500.